The summed E-state index contributed by atoms with van der Waals surface area (Å²) in [4.78, 5) is 71.4. The van der Waals surface area contributed by atoms with Gasteiger partial charge in [0.05, 0.1) is 34.8 Å². The first-order chi connectivity index (χ1) is 15.6. The Morgan fingerprint density at radius 1 is 0.727 bits per heavy atom. The molecular weight excluding hydrogens is 436 g/mol. The molecule has 172 valence electrons. The van der Waals surface area contributed by atoms with E-state index in [1.54, 1.807) is 13.8 Å². The van der Waals surface area contributed by atoms with Gasteiger partial charge in [0.2, 0.25) is 0 Å². The summed E-state index contributed by atoms with van der Waals surface area (Å²) in [5.74, 6) is -7.22. The highest BCUT2D eigenvalue weighted by Gasteiger charge is 2.44. The van der Waals surface area contributed by atoms with Crippen LogP contribution in [0.2, 0.25) is 0 Å². The van der Waals surface area contributed by atoms with Gasteiger partial charge in [-0.25, -0.2) is 9.59 Å². The summed E-state index contributed by atoms with van der Waals surface area (Å²) in [6.45, 7) is 3.24. The van der Waals surface area contributed by atoms with E-state index in [9.17, 15) is 28.8 Å². The van der Waals surface area contributed by atoms with Gasteiger partial charge in [0.25, 0.3) is 0 Å². The third-order valence-corrected chi connectivity index (χ3v) is 5.70. The van der Waals surface area contributed by atoms with Crippen LogP contribution in [0.15, 0.2) is 47.6 Å². The highest BCUT2D eigenvalue weighted by Crippen LogP contribution is 2.32. The lowest BCUT2D eigenvalue weighted by atomic mass is 9.88. The molecule has 33 heavy (non-hydrogen) atoms. The zero-order valence-corrected chi connectivity index (χ0v) is 17.7. The Hall–Kier alpha value is -3.82. The fraction of sp³-hybridized carbons (Fsp3) is 0.391. The Morgan fingerprint density at radius 3 is 1.48 bits per heavy atom. The summed E-state index contributed by atoms with van der Waals surface area (Å²) in [6.07, 6.45) is 7.32. The largest absolute Gasteiger partial charge is 0.459 e. The minimum absolute atomic E-state index is 0.129. The predicted octanol–water partition coefficient (Wildman–Crippen LogP) is 0.864. The number of rotatable bonds is 6. The molecule has 0 amide bonds. The molecule has 2 saturated heterocycles. The molecule has 0 N–H and O–H groups in total. The second kappa shape index (κ2) is 8.61. The van der Waals surface area contributed by atoms with Crippen LogP contribution in [0, 0.1) is 23.7 Å². The fourth-order valence-electron chi connectivity index (χ4n) is 4.05. The number of fused-ring (bicyclic) bond motifs is 2. The topological polar surface area (TPSA) is 139 Å². The van der Waals surface area contributed by atoms with Crippen molar-refractivity contribution in [3.05, 3.63) is 47.6 Å². The van der Waals surface area contributed by atoms with Crippen LogP contribution in [0.1, 0.15) is 20.3 Å². The van der Waals surface area contributed by atoms with E-state index < -0.39 is 71.7 Å². The summed E-state index contributed by atoms with van der Waals surface area (Å²) in [5.41, 5.74) is 0.258. The Balaban J connectivity index is 1.29. The maximum absolute atomic E-state index is 12.4. The number of ether oxygens (including phenoxy) is 4. The number of esters is 6. The first-order valence-corrected chi connectivity index (χ1v) is 10.4. The standard InChI is InChI=1S/C23H20O10/c1-10(30-18(24)12-3-5-14-16(8-12)22(28)32-20(14)26)7-11(2)31-19(25)13-4-6-15-17(9-13)23(29)33-21(15)27/h3-6,8-11,14-17H,7H2,1-2H3. The molecule has 0 bridgehead atoms. The molecule has 2 aliphatic heterocycles. The van der Waals surface area contributed by atoms with Gasteiger partial charge in [0.15, 0.2) is 0 Å². The van der Waals surface area contributed by atoms with Crippen molar-refractivity contribution >= 4 is 35.8 Å². The van der Waals surface area contributed by atoms with Crippen LogP contribution >= 0.6 is 0 Å². The van der Waals surface area contributed by atoms with Gasteiger partial charge in [0, 0.05) is 6.42 Å². The Labute approximate surface area is 187 Å². The van der Waals surface area contributed by atoms with Crippen molar-refractivity contribution in [2.45, 2.75) is 32.5 Å². The molecule has 6 unspecified atom stereocenters. The second-order valence-electron chi connectivity index (χ2n) is 8.21. The third-order valence-electron chi connectivity index (χ3n) is 5.70. The van der Waals surface area contributed by atoms with Crippen LogP contribution < -0.4 is 0 Å². The minimum atomic E-state index is -0.843. The van der Waals surface area contributed by atoms with Crippen LogP contribution in [0.3, 0.4) is 0 Å². The Bertz CT molecular complexity index is 991. The minimum Gasteiger partial charge on any atom is -0.459 e. The average molecular weight is 456 g/mol. The van der Waals surface area contributed by atoms with E-state index in [-0.39, 0.29) is 17.6 Å². The van der Waals surface area contributed by atoms with E-state index in [1.165, 1.54) is 36.5 Å². The van der Waals surface area contributed by atoms with Gasteiger partial charge in [0.1, 0.15) is 12.2 Å². The van der Waals surface area contributed by atoms with Crippen molar-refractivity contribution in [2.24, 2.45) is 23.7 Å². The number of carbonyl (C=O) groups is 6. The highest BCUT2D eigenvalue weighted by molar-refractivity contribution is 6.02. The van der Waals surface area contributed by atoms with E-state index in [4.69, 9.17) is 9.47 Å². The smallest absolute Gasteiger partial charge is 0.338 e. The Morgan fingerprint density at radius 2 is 1.09 bits per heavy atom. The molecular formula is C23H20O10. The molecule has 10 nitrogen and oxygen atoms in total. The van der Waals surface area contributed by atoms with E-state index in [0.29, 0.717) is 0 Å². The molecule has 0 radical (unpaired) electrons. The third kappa shape index (κ3) is 4.41. The molecule has 2 fully saturated rings. The Kier molecular flexibility index (Phi) is 5.84. The molecule has 4 rings (SSSR count). The molecule has 6 atom stereocenters. The fourth-order valence-corrected chi connectivity index (χ4v) is 4.05. The van der Waals surface area contributed by atoms with Gasteiger partial charge >= 0.3 is 35.8 Å². The first kappa shape index (κ1) is 22.4. The maximum Gasteiger partial charge on any atom is 0.338 e. The average Bonchev–Trinajstić information content (AvgIpc) is 3.21. The van der Waals surface area contributed by atoms with E-state index in [0.717, 1.165) is 0 Å². The number of carbonyl (C=O) groups excluding carboxylic acids is 6. The van der Waals surface area contributed by atoms with Crippen LogP contribution in [0.5, 0.6) is 0 Å². The molecule has 10 heteroatoms. The van der Waals surface area contributed by atoms with Crippen molar-refractivity contribution in [3.63, 3.8) is 0 Å². The molecule has 0 aromatic heterocycles. The molecule has 0 aromatic rings. The van der Waals surface area contributed by atoms with Gasteiger partial charge in [-0.3, -0.25) is 19.2 Å². The summed E-state index contributed by atoms with van der Waals surface area (Å²) in [7, 11) is 0. The predicted molar refractivity (Wildman–Crippen MR) is 106 cm³/mol. The molecule has 2 heterocycles. The van der Waals surface area contributed by atoms with Gasteiger partial charge in [-0.2, -0.15) is 0 Å². The lowest BCUT2D eigenvalue weighted by molar-refractivity contribution is -0.155. The van der Waals surface area contributed by atoms with Crippen LogP contribution in [0.25, 0.3) is 0 Å². The molecule has 0 spiro atoms. The van der Waals surface area contributed by atoms with Crippen LogP contribution in [0.4, 0.5) is 0 Å². The van der Waals surface area contributed by atoms with Crippen molar-refractivity contribution in [2.75, 3.05) is 0 Å². The molecule has 0 saturated carbocycles. The lowest BCUT2D eigenvalue weighted by Crippen LogP contribution is -2.26. The monoisotopic (exact) mass is 456 g/mol. The van der Waals surface area contributed by atoms with Gasteiger partial charge < -0.3 is 18.9 Å². The summed E-state index contributed by atoms with van der Waals surface area (Å²) < 4.78 is 19.9. The van der Waals surface area contributed by atoms with Crippen molar-refractivity contribution in [1.29, 1.82) is 0 Å². The first-order valence-electron chi connectivity index (χ1n) is 10.4. The van der Waals surface area contributed by atoms with E-state index >= 15 is 0 Å². The summed E-state index contributed by atoms with van der Waals surface area (Å²) in [6, 6.07) is 0. The number of cyclic esters (lactones) is 4. The maximum atomic E-state index is 12.4. The van der Waals surface area contributed by atoms with Crippen molar-refractivity contribution in [1.82, 2.24) is 0 Å². The quantitative estimate of drug-likeness (QED) is 0.321. The van der Waals surface area contributed by atoms with Gasteiger partial charge in [-0.05, 0) is 13.8 Å². The molecule has 0 aromatic carbocycles. The van der Waals surface area contributed by atoms with Crippen LogP contribution in [-0.4, -0.2) is 48.0 Å². The molecule has 2 aliphatic carbocycles. The van der Waals surface area contributed by atoms with E-state index in [2.05, 4.69) is 9.47 Å². The second-order valence-corrected chi connectivity index (χ2v) is 8.21. The van der Waals surface area contributed by atoms with Crippen LogP contribution in [-0.2, 0) is 47.7 Å². The molecule has 4 aliphatic rings. The van der Waals surface area contributed by atoms with Gasteiger partial charge in [-0.1, -0.05) is 36.5 Å². The van der Waals surface area contributed by atoms with E-state index in [1.807, 2.05) is 0 Å². The zero-order chi connectivity index (χ0) is 23.9. The highest BCUT2D eigenvalue weighted by atomic mass is 16.6. The lowest BCUT2D eigenvalue weighted by Gasteiger charge is -2.21. The normalized spacial score (nSPS) is 29.3. The summed E-state index contributed by atoms with van der Waals surface area (Å²) in [5, 5.41) is 0. The zero-order valence-electron chi connectivity index (χ0n) is 17.7. The number of hydrogen-bond acceptors (Lipinski definition) is 10. The number of hydrogen-bond donors (Lipinski definition) is 0. The summed E-state index contributed by atoms with van der Waals surface area (Å²) >= 11 is 0. The van der Waals surface area contributed by atoms with Crippen molar-refractivity contribution < 1.29 is 47.7 Å². The SMILES string of the molecule is CC(CC(C)OC(=O)C1=CC2C(=O)OC(=O)C2C=C1)OC(=O)C1=CC2C(=O)OC(=O)C2C=C1. The van der Waals surface area contributed by atoms with Gasteiger partial charge in [-0.15, -0.1) is 0 Å². The van der Waals surface area contributed by atoms with Crippen molar-refractivity contribution in [3.8, 4) is 0 Å².